The van der Waals surface area contributed by atoms with E-state index < -0.39 is 0 Å². The van der Waals surface area contributed by atoms with Crippen molar-refractivity contribution in [3.63, 3.8) is 0 Å². The molecule has 0 atom stereocenters. The molecule has 0 bridgehead atoms. The normalized spacial score (nSPS) is 18.0. The number of fused-ring (bicyclic) bond motifs is 1. The molecule has 4 heteroatoms. The minimum Gasteiger partial charge on any atom is -0.504 e. The first-order valence-electron chi connectivity index (χ1n) is 5.59. The van der Waals surface area contributed by atoms with Crippen molar-refractivity contribution in [1.29, 1.82) is 0 Å². The number of pyridine rings is 1. The second-order valence-corrected chi connectivity index (χ2v) is 4.18. The number of aromatic hydroxyl groups is 1. The predicted octanol–water partition coefficient (Wildman–Crippen LogP) is 1.93. The van der Waals surface area contributed by atoms with Crippen molar-refractivity contribution in [2.45, 2.75) is 18.8 Å². The number of hydrogen-bond acceptors (Lipinski definition) is 3. The Labute approximate surface area is 93.5 Å². The van der Waals surface area contributed by atoms with Gasteiger partial charge in [0, 0.05) is 31.5 Å². The molecule has 4 nitrogen and oxygen atoms in total. The van der Waals surface area contributed by atoms with Gasteiger partial charge in [-0.25, -0.2) is 4.98 Å². The van der Waals surface area contributed by atoms with Gasteiger partial charge < -0.3 is 14.2 Å². The zero-order valence-corrected chi connectivity index (χ0v) is 8.97. The molecule has 1 aliphatic rings. The van der Waals surface area contributed by atoms with Crippen molar-refractivity contribution >= 4 is 5.65 Å². The number of hydrogen-bond donors (Lipinski definition) is 1. The Bertz CT molecular complexity index is 501. The topological polar surface area (TPSA) is 46.8 Å². The third-order valence-electron chi connectivity index (χ3n) is 3.12. The fourth-order valence-electron chi connectivity index (χ4n) is 2.21. The van der Waals surface area contributed by atoms with E-state index in [1.165, 1.54) is 0 Å². The Balaban J connectivity index is 2.01. The lowest BCUT2D eigenvalue weighted by molar-refractivity contribution is 0.0846. The maximum absolute atomic E-state index is 9.67. The van der Waals surface area contributed by atoms with Crippen molar-refractivity contribution in [1.82, 2.24) is 9.38 Å². The molecule has 2 aromatic rings. The average Bonchev–Trinajstić information content (AvgIpc) is 2.76. The highest BCUT2D eigenvalue weighted by molar-refractivity contribution is 5.53. The summed E-state index contributed by atoms with van der Waals surface area (Å²) in [7, 11) is 0. The molecule has 1 N–H and O–H groups in total. The lowest BCUT2D eigenvalue weighted by Crippen LogP contribution is -2.14. The van der Waals surface area contributed by atoms with E-state index in [1.54, 1.807) is 6.07 Å². The summed E-state index contributed by atoms with van der Waals surface area (Å²) in [4.78, 5) is 4.49. The van der Waals surface area contributed by atoms with E-state index in [0.717, 1.165) is 31.7 Å². The van der Waals surface area contributed by atoms with Gasteiger partial charge in [-0.15, -0.1) is 0 Å². The molecule has 0 aromatic carbocycles. The predicted molar refractivity (Wildman–Crippen MR) is 59.7 cm³/mol. The molecular formula is C12H14N2O2. The standard InChI is InChI=1S/C12H14N2O2/c15-11-2-1-5-14-8-10(13-12(11)14)9-3-6-16-7-4-9/h1-2,5,8-9,15H,3-4,6-7H2. The third-order valence-corrected chi connectivity index (χ3v) is 3.12. The molecule has 0 spiro atoms. The smallest absolute Gasteiger partial charge is 0.179 e. The van der Waals surface area contributed by atoms with Crippen molar-refractivity contribution in [2.75, 3.05) is 13.2 Å². The Morgan fingerprint density at radius 1 is 1.38 bits per heavy atom. The van der Waals surface area contributed by atoms with Gasteiger partial charge >= 0.3 is 0 Å². The largest absolute Gasteiger partial charge is 0.504 e. The maximum atomic E-state index is 9.67. The first-order valence-corrected chi connectivity index (χ1v) is 5.59. The highest BCUT2D eigenvalue weighted by Crippen LogP contribution is 2.28. The van der Waals surface area contributed by atoms with Gasteiger partial charge in [0.1, 0.15) is 0 Å². The molecule has 0 radical (unpaired) electrons. The first kappa shape index (κ1) is 9.66. The van der Waals surface area contributed by atoms with Gasteiger partial charge in [0.05, 0.1) is 5.69 Å². The van der Waals surface area contributed by atoms with E-state index in [4.69, 9.17) is 4.74 Å². The Kier molecular flexibility index (Phi) is 2.29. The zero-order chi connectivity index (χ0) is 11.0. The molecular weight excluding hydrogens is 204 g/mol. The van der Waals surface area contributed by atoms with Crippen LogP contribution in [0.25, 0.3) is 5.65 Å². The van der Waals surface area contributed by atoms with Crippen LogP contribution in [-0.4, -0.2) is 27.7 Å². The van der Waals surface area contributed by atoms with E-state index >= 15 is 0 Å². The fourth-order valence-corrected chi connectivity index (χ4v) is 2.21. The number of nitrogens with zero attached hydrogens (tertiary/aromatic N) is 2. The van der Waals surface area contributed by atoms with Crippen molar-refractivity contribution in [3.8, 4) is 5.75 Å². The van der Waals surface area contributed by atoms with Crippen molar-refractivity contribution < 1.29 is 9.84 Å². The van der Waals surface area contributed by atoms with E-state index in [2.05, 4.69) is 4.98 Å². The highest BCUT2D eigenvalue weighted by Gasteiger charge is 2.19. The van der Waals surface area contributed by atoms with Gasteiger partial charge in [0.2, 0.25) is 0 Å². The maximum Gasteiger partial charge on any atom is 0.179 e. The van der Waals surface area contributed by atoms with Crippen LogP contribution in [0.1, 0.15) is 24.5 Å². The minimum absolute atomic E-state index is 0.237. The SMILES string of the molecule is Oc1cccn2cc(C3CCOCC3)nc12. The quantitative estimate of drug-likeness (QED) is 0.795. The van der Waals surface area contributed by atoms with Crippen LogP contribution in [0.4, 0.5) is 0 Å². The molecule has 0 saturated carbocycles. The van der Waals surface area contributed by atoms with Gasteiger partial charge in [0.25, 0.3) is 0 Å². The minimum atomic E-state index is 0.237. The van der Waals surface area contributed by atoms with Gasteiger partial charge in [-0.2, -0.15) is 0 Å². The number of imidazole rings is 1. The molecule has 3 heterocycles. The van der Waals surface area contributed by atoms with E-state index in [9.17, 15) is 5.11 Å². The van der Waals surface area contributed by atoms with Crippen molar-refractivity contribution in [2.24, 2.45) is 0 Å². The summed E-state index contributed by atoms with van der Waals surface area (Å²) in [5, 5.41) is 9.67. The van der Waals surface area contributed by atoms with Crippen LogP contribution < -0.4 is 0 Å². The lowest BCUT2D eigenvalue weighted by Gasteiger charge is -2.19. The summed E-state index contributed by atoms with van der Waals surface area (Å²) < 4.78 is 7.21. The zero-order valence-electron chi connectivity index (χ0n) is 8.97. The first-order chi connectivity index (χ1) is 7.84. The molecule has 0 aliphatic carbocycles. The van der Waals surface area contributed by atoms with Crippen molar-refractivity contribution in [3.05, 3.63) is 30.2 Å². The van der Waals surface area contributed by atoms with Gasteiger partial charge in [-0.05, 0) is 25.0 Å². The Morgan fingerprint density at radius 2 is 2.19 bits per heavy atom. The molecule has 0 amide bonds. The van der Waals surface area contributed by atoms with Gasteiger partial charge in [-0.3, -0.25) is 0 Å². The highest BCUT2D eigenvalue weighted by atomic mass is 16.5. The Hall–Kier alpha value is -1.55. The summed E-state index contributed by atoms with van der Waals surface area (Å²) in [6.07, 6.45) is 5.95. The van der Waals surface area contributed by atoms with Gasteiger partial charge in [-0.1, -0.05) is 0 Å². The molecule has 16 heavy (non-hydrogen) atoms. The van der Waals surface area contributed by atoms with E-state index in [-0.39, 0.29) is 5.75 Å². The van der Waals surface area contributed by atoms with Crippen LogP contribution >= 0.6 is 0 Å². The summed E-state index contributed by atoms with van der Waals surface area (Å²) >= 11 is 0. The van der Waals surface area contributed by atoms with Gasteiger partial charge in [0.15, 0.2) is 11.4 Å². The van der Waals surface area contributed by atoms with Crippen LogP contribution in [0.2, 0.25) is 0 Å². The molecule has 1 saturated heterocycles. The Morgan fingerprint density at radius 3 is 2.94 bits per heavy atom. The fraction of sp³-hybridized carbons (Fsp3) is 0.417. The molecule has 0 unspecified atom stereocenters. The van der Waals surface area contributed by atoms with E-state index in [1.807, 2.05) is 22.9 Å². The molecule has 1 fully saturated rings. The number of aromatic nitrogens is 2. The van der Waals surface area contributed by atoms with Crippen LogP contribution in [0.15, 0.2) is 24.5 Å². The van der Waals surface area contributed by atoms with Crippen LogP contribution in [0.3, 0.4) is 0 Å². The lowest BCUT2D eigenvalue weighted by atomic mass is 9.97. The second kappa shape index (κ2) is 3.79. The van der Waals surface area contributed by atoms with Crippen LogP contribution in [0.5, 0.6) is 5.75 Å². The van der Waals surface area contributed by atoms with Crippen LogP contribution in [0, 0.1) is 0 Å². The molecule has 2 aromatic heterocycles. The number of rotatable bonds is 1. The summed E-state index contributed by atoms with van der Waals surface area (Å²) in [6, 6.07) is 3.48. The summed E-state index contributed by atoms with van der Waals surface area (Å²) in [5.74, 6) is 0.703. The molecule has 84 valence electrons. The summed E-state index contributed by atoms with van der Waals surface area (Å²) in [5.41, 5.74) is 1.70. The van der Waals surface area contributed by atoms with E-state index in [0.29, 0.717) is 11.6 Å². The molecule has 1 aliphatic heterocycles. The monoisotopic (exact) mass is 218 g/mol. The van der Waals surface area contributed by atoms with Crippen LogP contribution in [-0.2, 0) is 4.74 Å². The number of ether oxygens (including phenoxy) is 1. The summed E-state index contributed by atoms with van der Waals surface area (Å²) in [6.45, 7) is 1.62. The second-order valence-electron chi connectivity index (χ2n) is 4.18. The third kappa shape index (κ3) is 1.55. The molecule has 3 rings (SSSR count). The average molecular weight is 218 g/mol.